The lowest BCUT2D eigenvalue weighted by molar-refractivity contribution is 0.0670. The topological polar surface area (TPSA) is 90.5 Å². The molecule has 29 heavy (non-hydrogen) atoms. The molecule has 0 saturated carbocycles. The first-order valence-corrected chi connectivity index (χ1v) is 9.65. The molecule has 1 aliphatic heterocycles. The molecule has 1 unspecified atom stereocenters. The van der Waals surface area contributed by atoms with Gasteiger partial charge in [-0.15, -0.1) is 0 Å². The molecule has 1 saturated heterocycles. The van der Waals surface area contributed by atoms with Gasteiger partial charge in [0.1, 0.15) is 6.07 Å². The molecule has 1 atom stereocenters. The molecule has 2 amide bonds. The van der Waals surface area contributed by atoms with Crippen LogP contribution in [0.2, 0.25) is 0 Å². The fourth-order valence-corrected chi connectivity index (χ4v) is 3.74. The second kappa shape index (κ2) is 7.76. The molecule has 1 N–H and O–H groups in total. The lowest BCUT2D eigenvalue weighted by Gasteiger charge is -2.30. The number of para-hydroxylation sites is 1. The zero-order valence-corrected chi connectivity index (χ0v) is 16.1. The van der Waals surface area contributed by atoms with Crippen molar-refractivity contribution in [2.75, 3.05) is 18.4 Å². The number of carbonyl (C=O) groups excluding carboxylic acids is 2. The Labute approximate surface area is 168 Å². The molecule has 1 fully saturated rings. The van der Waals surface area contributed by atoms with E-state index in [-0.39, 0.29) is 17.4 Å². The maximum Gasteiger partial charge on any atom is 0.290 e. The maximum absolute atomic E-state index is 13.1. The Morgan fingerprint density at radius 2 is 2.00 bits per heavy atom. The molecule has 0 radical (unpaired) electrons. The van der Waals surface area contributed by atoms with E-state index in [1.54, 1.807) is 53.1 Å². The molecule has 1 aliphatic rings. The van der Waals surface area contributed by atoms with Gasteiger partial charge in [0, 0.05) is 19.3 Å². The number of hydrogen-bond acceptors (Lipinski definition) is 4. The van der Waals surface area contributed by atoms with Gasteiger partial charge in [0.05, 0.1) is 16.8 Å². The van der Waals surface area contributed by atoms with Crippen LogP contribution in [-0.2, 0) is 0 Å². The van der Waals surface area contributed by atoms with Crippen LogP contribution in [0.5, 0.6) is 0 Å². The average molecular weight is 387 g/mol. The number of anilines is 1. The summed E-state index contributed by atoms with van der Waals surface area (Å²) in [6.07, 6.45) is 3.81. The number of amides is 2. The van der Waals surface area contributed by atoms with E-state index in [1.165, 1.54) is 0 Å². The third kappa shape index (κ3) is 3.57. The van der Waals surface area contributed by atoms with Crippen LogP contribution in [0.1, 0.15) is 46.4 Å². The second-order valence-corrected chi connectivity index (χ2v) is 7.35. The van der Waals surface area contributed by atoms with Crippen LogP contribution in [0, 0.1) is 17.2 Å². The molecular formula is C22H21N5O2. The Bertz CT molecular complexity index is 1130. The number of aromatic nitrogens is 2. The minimum absolute atomic E-state index is 0.159. The van der Waals surface area contributed by atoms with Crippen LogP contribution < -0.4 is 5.32 Å². The quantitative estimate of drug-likeness (QED) is 0.746. The summed E-state index contributed by atoms with van der Waals surface area (Å²) in [5.74, 6) is 0.0503. The van der Waals surface area contributed by atoms with E-state index in [9.17, 15) is 14.9 Å². The minimum Gasteiger partial charge on any atom is -0.336 e. The summed E-state index contributed by atoms with van der Waals surface area (Å²) in [5, 5.41) is 12.0. The Hall–Kier alpha value is -3.66. The zero-order chi connectivity index (χ0) is 20.4. The van der Waals surface area contributed by atoms with E-state index in [1.807, 2.05) is 4.90 Å². The minimum atomic E-state index is -0.456. The summed E-state index contributed by atoms with van der Waals surface area (Å²) in [5.41, 5.74) is 1.48. The van der Waals surface area contributed by atoms with Crippen molar-refractivity contribution < 1.29 is 9.59 Å². The van der Waals surface area contributed by atoms with E-state index in [4.69, 9.17) is 0 Å². The van der Waals surface area contributed by atoms with Crippen molar-refractivity contribution in [2.24, 2.45) is 5.92 Å². The van der Waals surface area contributed by atoms with Gasteiger partial charge >= 0.3 is 0 Å². The van der Waals surface area contributed by atoms with Crippen molar-refractivity contribution >= 4 is 23.0 Å². The second-order valence-electron chi connectivity index (χ2n) is 7.35. The van der Waals surface area contributed by atoms with Crippen LogP contribution in [0.4, 0.5) is 5.69 Å². The fraction of sp³-hybridized carbons (Fsp3) is 0.273. The number of likely N-dealkylation sites (tertiary alicyclic amines) is 1. The zero-order valence-electron chi connectivity index (χ0n) is 16.1. The number of nitrogens with zero attached hydrogens (tertiary/aromatic N) is 4. The van der Waals surface area contributed by atoms with Crippen molar-refractivity contribution in [3.8, 4) is 6.07 Å². The van der Waals surface area contributed by atoms with Gasteiger partial charge < -0.3 is 10.2 Å². The Kier molecular flexibility index (Phi) is 5.00. The molecule has 7 heteroatoms. The highest BCUT2D eigenvalue weighted by molar-refractivity contribution is 6.09. The highest BCUT2D eigenvalue weighted by Crippen LogP contribution is 2.21. The lowest BCUT2D eigenvalue weighted by atomic mass is 10.0. The first kappa shape index (κ1) is 18.7. The number of nitrogens with one attached hydrogen (secondary N) is 1. The predicted molar refractivity (Wildman–Crippen MR) is 109 cm³/mol. The smallest absolute Gasteiger partial charge is 0.290 e. The SMILES string of the molecule is CC1CCCN(C(=O)c2nc(C(=O)Nc3ccccc3C#N)c3ccccn23)C1. The van der Waals surface area contributed by atoms with Gasteiger partial charge in [0.15, 0.2) is 5.69 Å². The summed E-state index contributed by atoms with van der Waals surface area (Å²) in [4.78, 5) is 32.3. The van der Waals surface area contributed by atoms with Gasteiger partial charge in [-0.3, -0.25) is 14.0 Å². The van der Waals surface area contributed by atoms with Crippen molar-refractivity contribution in [1.82, 2.24) is 14.3 Å². The first-order valence-electron chi connectivity index (χ1n) is 9.65. The molecule has 0 spiro atoms. The number of rotatable bonds is 3. The first-order chi connectivity index (χ1) is 14.1. The fourth-order valence-electron chi connectivity index (χ4n) is 3.74. The Morgan fingerprint density at radius 1 is 1.21 bits per heavy atom. The number of nitriles is 1. The normalized spacial score (nSPS) is 16.4. The highest BCUT2D eigenvalue weighted by Gasteiger charge is 2.28. The number of pyridine rings is 1. The van der Waals surface area contributed by atoms with E-state index in [0.29, 0.717) is 35.8 Å². The monoisotopic (exact) mass is 387 g/mol. The van der Waals surface area contributed by atoms with E-state index in [0.717, 1.165) is 12.8 Å². The van der Waals surface area contributed by atoms with Gasteiger partial charge in [0.2, 0.25) is 5.82 Å². The summed E-state index contributed by atoms with van der Waals surface area (Å²) >= 11 is 0. The summed E-state index contributed by atoms with van der Waals surface area (Å²) in [7, 11) is 0. The molecule has 2 aromatic heterocycles. The molecular weight excluding hydrogens is 366 g/mol. The van der Waals surface area contributed by atoms with Crippen LogP contribution in [0.25, 0.3) is 5.52 Å². The van der Waals surface area contributed by atoms with E-state index < -0.39 is 5.91 Å². The molecule has 4 rings (SSSR count). The molecule has 0 bridgehead atoms. The van der Waals surface area contributed by atoms with Gasteiger partial charge in [-0.05, 0) is 43.0 Å². The molecule has 3 heterocycles. The number of imidazole rings is 1. The largest absolute Gasteiger partial charge is 0.336 e. The molecule has 0 aliphatic carbocycles. The van der Waals surface area contributed by atoms with Gasteiger partial charge in [-0.25, -0.2) is 4.98 Å². The van der Waals surface area contributed by atoms with E-state index in [2.05, 4.69) is 23.3 Å². The van der Waals surface area contributed by atoms with Gasteiger partial charge in [-0.1, -0.05) is 25.1 Å². The summed E-state index contributed by atoms with van der Waals surface area (Å²) in [6.45, 7) is 3.52. The average Bonchev–Trinajstić information content (AvgIpc) is 3.13. The molecule has 146 valence electrons. The summed E-state index contributed by atoms with van der Waals surface area (Å²) in [6, 6.07) is 14.2. The third-order valence-electron chi connectivity index (χ3n) is 5.19. The van der Waals surface area contributed by atoms with Crippen LogP contribution in [0.15, 0.2) is 48.7 Å². The lowest BCUT2D eigenvalue weighted by Crippen LogP contribution is -2.39. The van der Waals surface area contributed by atoms with Crippen molar-refractivity contribution in [1.29, 1.82) is 5.26 Å². The van der Waals surface area contributed by atoms with Gasteiger partial charge in [0.25, 0.3) is 11.8 Å². The van der Waals surface area contributed by atoms with Crippen LogP contribution in [-0.4, -0.2) is 39.2 Å². The summed E-state index contributed by atoms with van der Waals surface area (Å²) < 4.78 is 1.66. The van der Waals surface area contributed by atoms with E-state index >= 15 is 0 Å². The number of benzene rings is 1. The van der Waals surface area contributed by atoms with Crippen molar-refractivity contribution in [3.05, 3.63) is 65.7 Å². The number of hydrogen-bond donors (Lipinski definition) is 1. The Morgan fingerprint density at radius 3 is 2.79 bits per heavy atom. The highest BCUT2D eigenvalue weighted by atomic mass is 16.2. The number of carbonyl (C=O) groups is 2. The molecule has 7 nitrogen and oxygen atoms in total. The standard InChI is InChI=1S/C22H21N5O2/c1-15-7-6-11-26(14-15)22(29)20-25-19(18-10-4-5-12-27(18)20)21(28)24-17-9-3-2-8-16(17)13-23/h2-5,8-10,12,15H,6-7,11,14H2,1H3,(H,24,28). The van der Waals surface area contributed by atoms with Crippen molar-refractivity contribution in [3.63, 3.8) is 0 Å². The van der Waals surface area contributed by atoms with Crippen LogP contribution in [0.3, 0.4) is 0 Å². The number of piperidine rings is 1. The van der Waals surface area contributed by atoms with Gasteiger partial charge in [-0.2, -0.15) is 5.26 Å². The molecule has 3 aromatic rings. The number of fused-ring (bicyclic) bond motifs is 1. The predicted octanol–water partition coefficient (Wildman–Crippen LogP) is 3.33. The maximum atomic E-state index is 13.1. The third-order valence-corrected chi connectivity index (χ3v) is 5.19. The van der Waals surface area contributed by atoms with Crippen LogP contribution >= 0.6 is 0 Å². The Balaban J connectivity index is 1.70. The van der Waals surface area contributed by atoms with Crippen molar-refractivity contribution in [2.45, 2.75) is 19.8 Å². The molecule has 1 aromatic carbocycles.